The molecule has 1 aliphatic heterocycles. The summed E-state index contributed by atoms with van der Waals surface area (Å²) in [7, 11) is -1.21. The summed E-state index contributed by atoms with van der Waals surface area (Å²) in [5, 5.41) is 8.65. The maximum Gasteiger partial charge on any atom is 0.416 e. The minimum absolute atomic E-state index is 0.0921. The summed E-state index contributed by atoms with van der Waals surface area (Å²) >= 11 is 0. The molecule has 1 saturated heterocycles. The Labute approximate surface area is 245 Å². The lowest BCUT2D eigenvalue weighted by molar-refractivity contribution is 0.0784. The number of benzene rings is 2. The van der Waals surface area contributed by atoms with E-state index in [9.17, 15) is 13.6 Å². The molecule has 0 bridgehead atoms. The van der Waals surface area contributed by atoms with Gasteiger partial charge in [-0.25, -0.2) is 37.1 Å². The standard InChI is InChI=1S/C29H28F3N7O3Si/c1-43(2,3)11-10-41-17-37-16-33-27(36-37)21-6-4-18(12-23(21)31)22-14-34-38-9-8-26(35-28(22)38)39-25(15-42-29(39)40)20-7-5-19(30)13-24(20)32/h4-9,12-14,16,25H,10-11,15,17H2,1-3H3/t25-/m0/s1. The van der Waals surface area contributed by atoms with Crippen LogP contribution in [0.2, 0.25) is 25.7 Å². The monoisotopic (exact) mass is 607 g/mol. The number of hydrogen-bond acceptors (Lipinski definition) is 7. The molecule has 43 heavy (non-hydrogen) atoms. The zero-order valence-electron chi connectivity index (χ0n) is 23.7. The zero-order chi connectivity index (χ0) is 30.3. The van der Waals surface area contributed by atoms with Gasteiger partial charge in [0.05, 0.1) is 11.8 Å². The Hall–Kier alpha value is -4.56. The van der Waals surface area contributed by atoms with E-state index in [0.717, 1.165) is 18.2 Å². The van der Waals surface area contributed by atoms with Crippen molar-refractivity contribution in [2.24, 2.45) is 0 Å². The fourth-order valence-corrected chi connectivity index (χ4v) is 5.51. The summed E-state index contributed by atoms with van der Waals surface area (Å²) in [5.74, 6) is -1.68. The Balaban J connectivity index is 1.25. The highest BCUT2D eigenvalue weighted by Crippen LogP contribution is 2.35. The molecular weight excluding hydrogens is 579 g/mol. The predicted molar refractivity (Wildman–Crippen MR) is 154 cm³/mol. The summed E-state index contributed by atoms with van der Waals surface area (Å²) in [6.07, 6.45) is 3.89. The van der Waals surface area contributed by atoms with Crippen molar-refractivity contribution < 1.29 is 27.4 Å². The van der Waals surface area contributed by atoms with Crippen molar-refractivity contribution in [3.05, 3.63) is 84.2 Å². The van der Waals surface area contributed by atoms with Gasteiger partial charge >= 0.3 is 6.09 Å². The SMILES string of the molecule is C[Si](C)(C)CCOCn1cnc(-c2ccc(-c3cnn4ccc(N5C(=O)OC[C@H]5c5ccc(F)cc5F)nc34)cc2F)n1. The summed E-state index contributed by atoms with van der Waals surface area (Å²) in [6.45, 7) is 7.54. The van der Waals surface area contributed by atoms with E-state index in [2.05, 4.69) is 39.8 Å². The molecule has 1 aliphatic rings. The molecular formula is C29H28F3N7O3Si. The molecule has 10 nitrogen and oxygen atoms in total. The Morgan fingerprint density at radius 3 is 2.65 bits per heavy atom. The van der Waals surface area contributed by atoms with Crippen LogP contribution in [0.15, 0.2) is 61.2 Å². The van der Waals surface area contributed by atoms with Crippen LogP contribution in [0.1, 0.15) is 11.6 Å². The Kier molecular flexibility index (Phi) is 7.48. The highest BCUT2D eigenvalue weighted by atomic mass is 28.3. The van der Waals surface area contributed by atoms with Gasteiger partial charge in [-0.05, 0) is 35.9 Å². The lowest BCUT2D eigenvalue weighted by Gasteiger charge is -2.21. The van der Waals surface area contributed by atoms with Crippen LogP contribution in [0.3, 0.4) is 0 Å². The minimum Gasteiger partial charge on any atom is -0.447 e. The number of amides is 1. The molecule has 0 radical (unpaired) electrons. The Morgan fingerprint density at radius 2 is 1.88 bits per heavy atom. The number of aromatic nitrogens is 6. The third-order valence-corrected chi connectivity index (χ3v) is 8.78. The van der Waals surface area contributed by atoms with Crippen LogP contribution < -0.4 is 4.90 Å². The first-order valence-electron chi connectivity index (χ1n) is 13.6. The van der Waals surface area contributed by atoms with E-state index < -0.39 is 37.7 Å². The normalized spacial score (nSPS) is 15.4. The molecule has 0 aliphatic carbocycles. The van der Waals surface area contributed by atoms with Crippen LogP contribution >= 0.6 is 0 Å². The van der Waals surface area contributed by atoms with Crippen LogP contribution in [-0.4, -0.2) is 56.7 Å². The van der Waals surface area contributed by atoms with Crippen LogP contribution in [-0.2, 0) is 16.2 Å². The zero-order valence-corrected chi connectivity index (χ0v) is 24.7. The highest BCUT2D eigenvalue weighted by Gasteiger charge is 2.38. The molecule has 0 saturated carbocycles. The van der Waals surface area contributed by atoms with Crippen LogP contribution in [0, 0.1) is 17.5 Å². The van der Waals surface area contributed by atoms with E-state index in [4.69, 9.17) is 9.47 Å². The van der Waals surface area contributed by atoms with E-state index in [1.807, 2.05) is 0 Å². The van der Waals surface area contributed by atoms with Gasteiger partial charge in [-0.2, -0.15) is 5.10 Å². The maximum absolute atomic E-state index is 15.4. The van der Waals surface area contributed by atoms with Crippen molar-refractivity contribution in [1.29, 1.82) is 0 Å². The van der Waals surface area contributed by atoms with E-state index in [-0.39, 0.29) is 36.1 Å². The summed E-state index contributed by atoms with van der Waals surface area (Å²) in [4.78, 5) is 22.7. The average molecular weight is 608 g/mol. The number of halogens is 3. The van der Waals surface area contributed by atoms with E-state index in [1.54, 1.807) is 18.3 Å². The smallest absolute Gasteiger partial charge is 0.416 e. The van der Waals surface area contributed by atoms with Crippen molar-refractivity contribution in [2.75, 3.05) is 18.1 Å². The topological polar surface area (TPSA) is 99.7 Å². The molecule has 3 aromatic heterocycles. The second kappa shape index (κ2) is 11.3. The number of carbonyl (C=O) groups excluding carboxylic acids is 1. The Morgan fingerprint density at radius 1 is 1.05 bits per heavy atom. The molecule has 2 aromatic carbocycles. The second-order valence-corrected chi connectivity index (χ2v) is 17.0. The third-order valence-electron chi connectivity index (χ3n) is 7.07. The number of hydrogen-bond donors (Lipinski definition) is 0. The molecule has 1 amide bonds. The number of cyclic esters (lactones) is 1. The predicted octanol–water partition coefficient (Wildman–Crippen LogP) is 6.08. The number of anilines is 1. The summed E-state index contributed by atoms with van der Waals surface area (Å²) in [6, 6.07) is 9.47. The molecule has 14 heteroatoms. The summed E-state index contributed by atoms with van der Waals surface area (Å²) in [5.41, 5.74) is 1.63. The highest BCUT2D eigenvalue weighted by molar-refractivity contribution is 6.76. The van der Waals surface area contributed by atoms with Gasteiger partial charge < -0.3 is 9.47 Å². The average Bonchev–Trinajstić information content (AvgIpc) is 3.69. The molecule has 5 aromatic rings. The van der Waals surface area contributed by atoms with Crippen molar-refractivity contribution in [1.82, 2.24) is 29.4 Å². The van der Waals surface area contributed by atoms with Gasteiger partial charge in [0.2, 0.25) is 0 Å². The molecule has 4 heterocycles. The van der Waals surface area contributed by atoms with Crippen LogP contribution in [0.5, 0.6) is 0 Å². The number of carbonyl (C=O) groups is 1. The number of fused-ring (bicyclic) bond motifs is 1. The van der Waals surface area contributed by atoms with Gasteiger partial charge in [-0.1, -0.05) is 31.8 Å². The molecule has 0 N–H and O–H groups in total. The Bertz CT molecular complexity index is 1820. The molecule has 0 spiro atoms. The van der Waals surface area contributed by atoms with E-state index >= 15 is 4.39 Å². The first-order chi connectivity index (χ1) is 20.6. The fourth-order valence-electron chi connectivity index (χ4n) is 4.75. The molecule has 6 rings (SSSR count). The van der Waals surface area contributed by atoms with Crippen molar-refractivity contribution in [2.45, 2.75) is 38.5 Å². The van der Waals surface area contributed by atoms with Gasteiger partial charge in [-0.3, -0.25) is 4.90 Å². The largest absolute Gasteiger partial charge is 0.447 e. The lowest BCUT2D eigenvalue weighted by atomic mass is 10.1. The van der Waals surface area contributed by atoms with Gasteiger partial charge in [0.25, 0.3) is 0 Å². The lowest BCUT2D eigenvalue weighted by Crippen LogP contribution is -2.29. The molecule has 1 atom stereocenters. The molecule has 1 fully saturated rings. The minimum atomic E-state index is -1.21. The van der Waals surface area contributed by atoms with Gasteiger partial charge in [-0.15, -0.1) is 5.10 Å². The quantitative estimate of drug-likeness (QED) is 0.148. The number of rotatable bonds is 9. The first kappa shape index (κ1) is 28.6. The molecule has 222 valence electrons. The summed E-state index contributed by atoms with van der Waals surface area (Å²) < 4.78 is 57.3. The van der Waals surface area contributed by atoms with Crippen LogP contribution in [0.4, 0.5) is 23.8 Å². The number of ether oxygens (including phenoxy) is 2. The van der Waals surface area contributed by atoms with Gasteiger partial charge in [0.15, 0.2) is 11.5 Å². The van der Waals surface area contributed by atoms with Crippen LogP contribution in [0.25, 0.3) is 28.2 Å². The van der Waals surface area contributed by atoms with Crippen molar-refractivity contribution in [3.63, 3.8) is 0 Å². The number of nitrogens with zero attached hydrogens (tertiary/aromatic N) is 7. The van der Waals surface area contributed by atoms with Crippen molar-refractivity contribution in [3.8, 4) is 22.5 Å². The fraction of sp³-hybridized carbons (Fsp3) is 0.276. The second-order valence-electron chi connectivity index (χ2n) is 11.4. The van der Waals surface area contributed by atoms with E-state index in [1.165, 1.54) is 44.8 Å². The van der Waals surface area contributed by atoms with Gasteiger partial charge in [0.1, 0.15) is 49.0 Å². The van der Waals surface area contributed by atoms with Gasteiger partial charge in [0, 0.05) is 38.1 Å². The third kappa shape index (κ3) is 5.88. The van der Waals surface area contributed by atoms with Crippen molar-refractivity contribution >= 4 is 25.6 Å². The first-order valence-corrected chi connectivity index (χ1v) is 17.3. The maximum atomic E-state index is 15.4. The molecule has 0 unspecified atom stereocenters. The van der Waals surface area contributed by atoms with E-state index in [0.29, 0.717) is 23.4 Å².